The third-order valence-corrected chi connectivity index (χ3v) is 6.41. The second kappa shape index (κ2) is 8.24. The first-order valence-corrected chi connectivity index (χ1v) is 10.4. The van der Waals surface area contributed by atoms with Crippen LogP contribution in [0, 0.1) is 0 Å². The fraction of sp³-hybridized carbons (Fsp3) is 0.294. The molecule has 2 heterocycles. The van der Waals surface area contributed by atoms with Gasteiger partial charge < -0.3 is 14.1 Å². The highest BCUT2D eigenvalue weighted by atomic mass is 79.9. The first kappa shape index (κ1) is 19.6. The van der Waals surface area contributed by atoms with Crippen molar-refractivity contribution in [2.24, 2.45) is 0 Å². The summed E-state index contributed by atoms with van der Waals surface area (Å²) in [5, 5.41) is 0. The van der Waals surface area contributed by atoms with Crippen LogP contribution in [0.3, 0.4) is 0 Å². The molecule has 2 aromatic rings. The second-order valence-corrected chi connectivity index (χ2v) is 8.50. The summed E-state index contributed by atoms with van der Waals surface area (Å²) >= 11 is 3.08. The molecule has 0 bridgehead atoms. The Hall–Kier alpha value is -2.17. The van der Waals surface area contributed by atoms with Gasteiger partial charge >= 0.3 is 5.97 Å². The molecule has 0 radical (unpaired) electrons. The van der Waals surface area contributed by atoms with E-state index < -0.39 is 22.6 Å². The van der Waals surface area contributed by atoms with Gasteiger partial charge in [-0.1, -0.05) is 18.2 Å². The minimum absolute atomic E-state index is 0.00607. The fourth-order valence-electron chi connectivity index (χ4n) is 2.63. The van der Waals surface area contributed by atoms with Crippen molar-refractivity contribution in [2.45, 2.75) is 4.90 Å². The normalized spacial score (nSPS) is 15.5. The number of ether oxygens (including phenoxy) is 1. The van der Waals surface area contributed by atoms with Gasteiger partial charge in [-0.2, -0.15) is 4.31 Å². The molecule has 0 unspecified atom stereocenters. The summed E-state index contributed by atoms with van der Waals surface area (Å²) in [5.41, 5.74) is 0. The molecule has 27 heavy (non-hydrogen) atoms. The molecule has 1 saturated heterocycles. The van der Waals surface area contributed by atoms with E-state index >= 15 is 0 Å². The number of carbonyl (C=O) groups excluding carboxylic acids is 2. The second-order valence-electron chi connectivity index (χ2n) is 5.78. The molecule has 1 aliphatic heterocycles. The summed E-state index contributed by atoms with van der Waals surface area (Å²) in [4.78, 5) is 25.7. The molecule has 144 valence electrons. The lowest BCUT2D eigenvalue weighted by molar-refractivity contribution is -0.135. The summed E-state index contributed by atoms with van der Waals surface area (Å²) in [6.45, 7) is 0.399. The van der Waals surface area contributed by atoms with Crippen LogP contribution in [0.5, 0.6) is 0 Å². The maximum absolute atomic E-state index is 12.6. The lowest BCUT2D eigenvalue weighted by atomic mass is 10.3. The molecule has 0 atom stereocenters. The highest BCUT2D eigenvalue weighted by Crippen LogP contribution is 2.18. The maximum Gasteiger partial charge on any atom is 0.374 e. The smallest absolute Gasteiger partial charge is 0.374 e. The molecule has 1 fully saturated rings. The largest absolute Gasteiger partial charge is 0.450 e. The molecule has 10 heteroatoms. The van der Waals surface area contributed by atoms with Crippen LogP contribution < -0.4 is 0 Å². The van der Waals surface area contributed by atoms with Gasteiger partial charge in [0.1, 0.15) is 0 Å². The number of hydrogen-bond acceptors (Lipinski definition) is 6. The van der Waals surface area contributed by atoms with Crippen LogP contribution in [0.4, 0.5) is 0 Å². The van der Waals surface area contributed by atoms with Gasteiger partial charge in [-0.3, -0.25) is 4.79 Å². The molecule has 8 nitrogen and oxygen atoms in total. The number of halogens is 1. The molecular formula is C17H17BrN2O6S. The van der Waals surface area contributed by atoms with Gasteiger partial charge in [-0.25, -0.2) is 13.2 Å². The molecule has 0 N–H and O–H groups in total. The van der Waals surface area contributed by atoms with E-state index in [1.54, 1.807) is 36.4 Å². The lowest BCUT2D eigenvalue weighted by Crippen LogP contribution is -2.51. The number of esters is 1. The zero-order valence-electron chi connectivity index (χ0n) is 14.2. The van der Waals surface area contributed by atoms with Crippen molar-refractivity contribution in [1.29, 1.82) is 0 Å². The van der Waals surface area contributed by atoms with Crippen LogP contribution in [0.1, 0.15) is 10.6 Å². The highest BCUT2D eigenvalue weighted by molar-refractivity contribution is 9.10. The third kappa shape index (κ3) is 4.57. The van der Waals surface area contributed by atoms with E-state index in [2.05, 4.69) is 15.9 Å². The highest BCUT2D eigenvalue weighted by Gasteiger charge is 2.30. The molecule has 0 aliphatic carbocycles. The average Bonchev–Trinajstić information content (AvgIpc) is 3.13. The molecule has 1 amide bonds. The van der Waals surface area contributed by atoms with Gasteiger partial charge in [0.05, 0.1) is 4.90 Å². The number of rotatable bonds is 5. The van der Waals surface area contributed by atoms with Crippen LogP contribution in [-0.4, -0.2) is 62.3 Å². The van der Waals surface area contributed by atoms with Crippen molar-refractivity contribution in [1.82, 2.24) is 9.21 Å². The molecular weight excluding hydrogens is 440 g/mol. The minimum Gasteiger partial charge on any atom is -0.450 e. The predicted octanol–water partition coefficient (Wildman–Crippen LogP) is 1.73. The van der Waals surface area contributed by atoms with E-state index in [9.17, 15) is 18.0 Å². The molecule has 1 aliphatic rings. The number of carbonyl (C=O) groups is 2. The van der Waals surface area contributed by atoms with Crippen LogP contribution in [-0.2, 0) is 19.6 Å². The topological polar surface area (TPSA) is 97.1 Å². The first-order chi connectivity index (χ1) is 12.9. The van der Waals surface area contributed by atoms with E-state index in [4.69, 9.17) is 9.15 Å². The Labute approximate surface area is 164 Å². The Morgan fingerprint density at radius 3 is 2.30 bits per heavy atom. The van der Waals surface area contributed by atoms with Crippen molar-refractivity contribution in [2.75, 3.05) is 32.8 Å². The van der Waals surface area contributed by atoms with E-state index in [0.29, 0.717) is 4.67 Å². The summed E-state index contributed by atoms with van der Waals surface area (Å²) in [6, 6.07) is 11.1. The van der Waals surface area contributed by atoms with E-state index in [1.165, 1.54) is 15.3 Å². The van der Waals surface area contributed by atoms with Crippen molar-refractivity contribution in [3.05, 3.63) is 52.9 Å². The summed E-state index contributed by atoms with van der Waals surface area (Å²) in [5.74, 6) is -1.13. The average molecular weight is 457 g/mol. The number of nitrogens with zero attached hydrogens (tertiary/aromatic N) is 2. The monoisotopic (exact) mass is 456 g/mol. The molecule has 3 rings (SSSR count). The van der Waals surface area contributed by atoms with Gasteiger partial charge in [0.15, 0.2) is 11.3 Å². The number of benzene rings is 1. The van der Waals surface area contributed by atoms with Crippen LogP contribution in [0.25, 0.3) is 0 Å². The standard InChI is InChI=1S/C17H17BrN2O6S/c18-15-7-6-14(26-15)17(22)25-12-16(21)19-8-10-20(11-9-19)27(23,24)13-4-2-1-3-5-13/h1-7H,8-12H2. The molecule has 0 saturated carbocycles. The lowest BCUT2D eigenvalue weighted by Gasteiger charge is -2.33. The predicted molar refractivity (Wildman–Crippen MR) is 98.5 cm³/mol. The number of furan rings is 1. The van der Waals surface area contributed by atoms with Gasteiger partial charge in [-0.05, 0) is 40.2 Å². The Morgan fingerprint density at radius 1 is 1.04 bits per heavy atom. The minimum atomic E-state index is -3.58. The van der Waals surface area contributed by atoms with Gasteiger partial charge in [0.2, 0.25) is 15.8 Å². The Balaban J connectivity index is 1.51. The fourth-order valence-corrected chi connectivity index (χ4v) is 4.38. The van der Waals surface area contributed by atoms with Crippen molar-refractivity contribution in [3.8, 4) is 0 Å². The van der Waals surface area contributed by atoms with E-state index in [-0.39, 0.29) is 42.7 Å². The molecule has 0 spiro atoms. The van der Waals surface area contributed by atoms with E-state index in [1.807, 2.05) is 0 Å². The SMILES string of the molecule is O=C(OCC(=O)N1CCN(S(=O)(=O)c2ccccc2)CC1)c1ccc(Br)o1. The van der Waals surface area contributed by atoms with E-state index in [0.717, 1.165) is 0 Å². The zero-order valence-corrected chi connectivity index (χ0v) is 16.6. The maximum atomic E-state index is 12.6. The summed E-state index contributed by atoms with van der Waals surface area (Å²) < 4.78 is 36.9. The van der Waals surface area contributed by atoms with Crippen LogP contribution >= 0.6 is 15.9 Å². The van der Waals surface area contributed by atoms with Gasteiger partial charge in [-0.15, -0.1) is 0 Å². The van der Waals surface area contributed by atoms with Crippen LogP contribution in [0.2, 0.25) is 0 Å². The Morgan fingerprint density at radius 2 is 1.70 bits per heavy atom. The van der Waals surface area contributed by atoms with Gasteiger partial charge in [0, 0.05) is 26.2 Å². The Kier molecular flexibility index (Phi) is 5.98. The van der Waals surface area contributed by atoms with Crippen molar-refractivity contribution >= 4 is 37.8 Å². The first-order valence-electron chi connectivity index (χ1n) is 8.13. The Bertz CT molecular complexity index is 920. The third-order valence-electron chi connectivity index (χ3n) is 4.07. The number of hydrogen-bond donors (Lipinski definition) is 0. The molecule has 1 aromatic carbocycles. The van der Waals surface area contributed by atoms with Crippen LogP contribution in [0.15, 0.2) is 56.4 Å². The quantitative estimate of drug-likeness (QED) is 0.635. The zero-order chi connectivity index (χ0) is 19.4. The van der Waals surface area contributed by atoms with Crippen molar-refractivity contribution < 1.29 is 27.2 Å². The van der Waals surface area contributed by atoms with Gasteiger partial charge in [0.25, 0.3) is 5.91 Å². The van der Waals surface area contributed by atoms with Crippen molar-refractivity contribution in [3.63, 3.8) is 0 Å². The number of amides is 1. The number of piperazine rings is 1. The summed E-state index contributed by atoms with van der Waals surface area (Å²) in [6.07, 6.45) is 0. The summed E-state index contributed by atoms with van der Waals surface area (Å²) in [7, 11) is -3.58. The molecule has 1 aromatic heterocycles. The number of sulfonamides is 1.